The highest BCUT2D eigenvalue weighted by atomic mass is 32.2. The summed E-state index contributed by atoms with van der Waals surface area (Å²) < 4.78 is 28.0. The van der Waals surface area contributed by atoms with Gasteiger partial charge in [0.25, 0.3) is 0 Å². The number of benzene rings is 2. The third-order valence-electron chi connectivity index (χ3n) is 5.63. The molecule has 4 rings (SSSR count). The predicted octanol–water partition coefficient (Wildman–Crippen LogP) is 3.06. The molecule has 0 radical (unpaired) electrons. The van der Waals surface area contributed by atoms with E-state index in [9.17, 15) is 18.0 Å². The first kappa shape index (κ1) is 20.6. The SMILES string of the molecule is Cc1ccc(NC(=O)C2CCCN2S(=O)(=O)c2ccc3c(c2)CCCC(=O)N3)cc1. The van der Waals surface area contributed by atoms with Crippen molar-refractivity contribution in [3.8, 4) is 0 Å². The van der Waals surface area contributed by atoms with E-state index in [0.29, 0.717) is 50.0 Å². The van der Waals surface area contributed by atoms with Crippen LogP contribution in [0, 0.1) is 6.92 Å². The van der Waals surface area contributed by atoms with Crippen LogP contribution in [-0.2, 0) is 26.0 Å². The molecule has 1 unspecified atom stereocenters. The number of carbonyl (C=O) groups is 2. The Bertz CT molecular complexity index is 1080. The Morgan fingerprint density at radius 1 is 1.10 bits per heavy atom. The standard InChI is InChI=1S/C22H25N3O4S/c1-15-7-9-17(10-8-15)23-22(27)20-5-3-13-25(20)30(28,29)18-11-12-19-16(14-18)4-2-6-21(26)24-19/h7-12,14,20H,2-6,13H2,1H3,(H,23,27)(H,24,26). The largest absolute Gasteiger partial charge is 0.326 e. The highest BCUT2D eigenvalue weighted by Crippen LogP contribution is 2.30. The summed E-state index contributed by atoms with van der Waals surface area (Å²) in [7, 11) is -3.83. The van der Waals surface area contributed by atoms with Gasteiger partial charge in [-0.05, 0) is 68.5 Å². The van der Waals surface area contributed by atoms with Gasteiger partial charge in [-0.1, -0.05) is 17.7 Å². The van der Waals surface area contributed by atoms with Crippen molar-refractivity contribution in [1.29, 1.82) is 0 Å². The fourth-order valence-electron chi connectivity index (χ4n) is 4.00. The maximum atomic E-state index is 13.3. The summed E-state index contributed by atoms with van der Waals surface area (Å²) in [5.74, 6) is -0.376. The van der Waals surface area contributed by atoms with Crippen molar-refractivity contribution in [3.63, 3.8) is 0 Å². The number of amides is 2. The van der Waals surface area contributed by atoms with Crippen molar-refractivity contribution < 1.29 is 18.0 Å². The zero-order valence-corrected chi connectivity index (χ0v) is 17.7. The van der Waals surface area contributed by atoms with Gasteiger partial charge in [-0.3, -0.25) is 9.59 Å². The van der Waals surface area contributed by atoms with Crippen molar-refractivity contribution in [3.05, 3.63) is 53.6 Å². The number of anilines is 2. The lowest BCUT2D eigenvalue weighted by atomic mass is 10.1. The summed E-state index contributed by atoms with van der Waals surface area (Å²) in [5.41, 5.74) is 3.20. The molecule has 0 spiro atoms. The molecule has 2 amide bonds. The summed E-state index contributed by atoms with van der Waals surface area (Å²) in [6.07, 6.45) is 2.84. The lowest BCUT2D eigenvalue weighted by Gasteiger charge is -2.24. The van der Waals surface area contributed by atoms with Gasteiger partial charge < -0.3 is 10.6 Å². The molecule has 8 heteroatoms. The van der Waals surface area contributed by atoms with Gasteiger partial charge in [0, 0.05) is 24.3 Å². The smallest absolute Gasteiger partial charge is 0.243 e. The monoisotopic (exact) mass is 427 g/mol. The first-order chi connectivity index (χ1) is 14.3. The third kappa shape index (κ3) is 4.11. The number of nitrogens with one attached hydrogen (secondary N) is 2. The number of sulfonamides is 1. The van der Waals surface area contributed by atoms with E-state index in [-0.39, 0.29) is 16.7 Å². The van der Waals surface area contributed by atoms with E-state index in [2.05, 4.69) is 10.6 Å². The molecular formula is C22H25N3O4S. The predicted molar refractivity (Wildman–Crippen MR) is 115 cm³/mol. The van der Waals surface area contributed by atoms with Crippen molar-refractivity contribution in [2.45, 2.75) is 50.0 Å². The van der Waals surface area contributed by atoms with Crippen LogP contribution in [0.15, 0.2) is 47.4 Å². The average Bonchev–Trinajstić information content (AvgIpc) is 3.14. The molecule has 30 heavy (non-hydrogen) atoms. The van der Waals surface area contributed by atoms with Crippen LogP contribution >= 0.6 is 0 Å². The van der Waals surface area contributed by atoms with E-state index in [0.717, 1.165) is 11.1 Å². The number of aryl methyl sites for hydroxylation is 2. The van der Waals surface area contributed by atoms with Gasteiger partial charge in [0.05, 0.1) is 4.90 Å². The molecule has 1 saturated heterocycles. The van der Waals surface area contributed by atoms with Crippen LogP contribution in [0.1, 0.15) is 36.8 Å². The number of hydrogen-bond acceptors (Lipinski definition) is 4. The maximum Gasteiger partial charge on any atom is 0.243 e. The quantitative estimate of drug-likeness (QED) is 0.784. The second kappa shape index (κ2) is 8.20. The summed E-state index contributed by atoms with van der Waals surface area (Å²) in [6, 6.07) is 11.4. The molecule has 1 atom stereocenters. The molecule has 2 aromatic carbocycles. The minimum absolute atomic E-state index is 0.0586. The Balaban J connectivity index is 1.57. The Morgan fingerprint density at radius 3 is 2.63 bits per heavy atom. The molecule has 0 bridgehead atoms. The van der Waals surface area contributed by atoms with Gasteiger partial charge in [-0.15, -0.1) is 0 Å². The van der Waals surface area contributed by atoms with Crippen molar-refractivity contribution >= 4 is 33.2 Å². The van der Waals surface area contributed by atoms with Crippen LogP contribution < -0.4 is 10.6 Å². The van der Waals surface area contributed by atoms with Crippen molar-refractivity contribution in [1.82, 2.24) is 4.31 Å². The van der Waals surface area contributed by atoms with Crippen LogP contribution in [0.4, 0.5) is 11.4 Å². The fourth-order valence-corrected chi connectivity index (χ4v) is 5.71. The maximum absolute atomic E-state index is 13.3. The summed E-state index contributed by atoms with van der Waals surface area (Å²) in [4.78, 5) is 24.7. The Hall–Kier alpha value is -2.71. The molecule has 1 fully saturated rings. The van der Waals surface area contributed by atoms with Crippen molar-refractivity contribution in [2.75, 3.05) is 17.2 Å². The average molecular weight is 428 g/mol. The lowest BCUT2D eigenvalue weighted by molar-refractivity contribution is -0.119. The Kier molecular flexibility index (Phi) is 5.62. The van der Waals surface area contributed by atoms with Gasteiger partial charge in [-0.25, -0.2) is 8.42 Å². The van der Waals surface area contributed by atoms with E-state index >= 15 is 0 Å². The van der Waals surface area contributed by atoms with Gasteiger partial charge in [0.15, 0.2) is 0 Å². The van der Waals surface area contributed by atoms with Gasteiger partial charge in [0.2, 0.25) is 21.8 Å². The number of carbonyl (C=O) groups excluding carboxylic acids is 2. The second-order valence-electron chi connectivity index (χ2n) is 7.85. The number of nitrogens with zero attached hydrogens (tertiary/aromatic N) is 1. The summed E-state index contributed by atoms with van der Waals surface area (Å²) in [5, 5.41) is 5.65. The highest BCUT2D eigenvalue weighted by molar-refractivity contribution is 7.89. The minimum Gasteiger partial charge on any atom is -0.326 e. The van der Waals surface area contributed by atoms with Gasteiger partial charge in [0.1, 0.15) is 6.04 Å². The molecule has 0 saturated carbocycles. The summed E-state index contributed by atoms with van der Waals surface area (Å²) in [6.45, 7) is 2.27. The van der Waals surface area contributed by atoms with Gasteiger partial charge >= 0.3 is 0 Å². The van der Waals surface area contributed by atoms with E-state index < -0.39 is 16.1 Å². The zero-order valence-electron chi connectivity index (χ0n) is 16.8. The van der Waals surface area contributed by atoms with E-state index in [1.165, 1.54) is 10.4 Å². The molecule has 2 aliphatic heterocycles. The minimum atomic E-state index is -3.83. The number of fused-ring (bicyclic) bond motifs is 1. The van der Waals surface area contributed by atoms with Crippen LogP contribution in [-0.4, -0.2) is 37.1 Å². The van der Waals surface area contributed by atoms with Crippen LogP contribution in [0.5, 0.6) is 0 Å². The van der Waals surface area contributed by atoms with Crippen LogP contribution in [0.2, 0.25) is 0 Å². The Morgan fingerprint density at radius 2 is 1.87 bits per heavy atom. The molecule has 158 valence electrons. The zero-order chi connectivity index (χ0) is 21.3. The topological polar surface area (TPSA) is 95.6 Å². The Labute approximate surface area is 176 Å². The normalized spacial score (nSPS) is 19.6. The molecule has 2 aromatic rings. The van der Waals surface area contributed by atoms with Crippen molar-refractivity contribution in [2.24, 2.45) is 0 Å². The first-order valence-corrected chi connectivity index (χ1v) is 11.6. The lowest BCUT2D eigenvalue weighted by Crippen LogP contribution is -2.43. The molecular weight excluding hydrogens is 402 g/mol. The number of rotatable bonds is 4. The van der Waals surface area contributed by atoms with E-state index in [1.54, 1.807) is 12.1 Å². The molecule has 7 nitrogen and oxygen atoms in total. The van der Waals surface area contributed by atoms with E-state index in [1.807, 2.05) is 31.2 Å². The van der Waals surface area contributed by atoms with Crippen LogP contribution in [0.3, 0.4) is 0 Å². The second-order valence-corrected chi connectivity index (χ2v) is 9.74. The molecule has 0 aromatic heterocycles. The highest BCUT2D eigenvalue weighted by Gasteiger charge is 2.39. The fraction of sp³-hybridized carbons (Fsp3) is 0.364. The molecule has 2 heterocycles. The van der Waals surface area contributed by atoms with Gasteiger partial charge in [-0.2, -0.15) is 4.31 Å². The number of hydrogen-bond donors (Lipinski definition) is 2. The van der Waals surface area contributed by atoms with Crippen LogP contribution in [0.25, 0.3) is 0 Å². The first-order valence-electron chi connectivity index (χ1n) is 10.2. The summed E-state index contributed by atoms with van der Waals surface area (Å²) >= 11 is 0. The third-order valence-corrected chi connectivity index (χ3v) is 7.54. The van der Waals surface area contributed by atoms with E-state index in [4.69, 9.17) is 0 Å². The molecule has 2 aliphatic rings. The molecule has 2 N–H and O–H groups in total. The molecule has 0 aliphatic carbocycles.